The molecule has 1 saturated heterocycles. The third-order valence-corrected chi connectivity index (χ3v) is 7.95. The Hall–Kier alpha value is -2.40. The molecule has 1 saturated carbocycles. The van der Waals surface area contributed by atoms with Gasteiger partial charge in [0.2, 0.25) is 5.91 Å². The van der Waals surface area contributed by atoms with Crippen LogP contribution < -0.4 is 4.74 Å². The number of hydrogen-bond acceptors (Lipinski definition) is 3. The first-order valence-corrected chi connectivity index (χ1v) is 13.0. The summed E-state index contributed by atoms with van der Waals surface area (Å²) in [6, 6.07) is 10.1. The molecule has 1 aliphatic heterocycles. The molecule has 1 aliphatic carbocycles. The highest BCUT2D eigenvalue weighted by molar-refractivity contribution is 5.79. The molecule has 0 bridgehead atoms. The Morgan fingerprint density at radius 2 is 1.83 bits per heavy atom. The molecular formula is C30H39FNO3. The molecule has 4 rings (SSSR count). The summed E-state index contributed by atoms with van der Waals surface area (Å²) in [5, 5.41) is 10.9. The van der Waals surface area contributed by atoms with Gasteiger partial charge < -0.3 is 14.7 Å². The summed E-state index contributed by atoms with van der Waals surface area (Å²) in [6.07, 6.45) is 4.42. The predicted octanol–water partition coefficient (Wildman–Crippen LogP) is 7.16. The Morgan fingerprint density at radius 3 is 2.40 bits per heavy atom. The number of rotatable bonds is 6. The number of carbonyl (C=O) groups excluding carboxylic acids is 1. The number of aryl methyl sites for hydroxylation is 2. The Morgan fingerprint density at radius 1 is 1.14 bits per heavy atom. The van der Waals surface area contributed by atoms with Crippen molar-refractivity contribution < 1.29 is 19.0 Å². The van der Waals surface area contributed by atoms with Gasteiger partial charge in [-0.2, -0.15) is 0 Å². The summed E-state index contributed by atoms with van der Waals surface area (Å²) in [6.45, 7) is 12.6. The van der Waals surface area contributed by atoms with E-state index in [1.54, 1.807) is 13.8 Å². The van der Waals surface area contributed by atoms with Gasteiger partial charge in [-0.25, -0.2) is 4.39 Å². The van der Waals surface area contributed by atoms with Crippen LogP contribution >= 0.6 is 0 Å². The third-order valence-electron chi connectivity index (χ3n) is 7.95. The Bertz CT molecular complexity index is 1070. The molecular weight excluding hydrogens is 441 g/mol. The lowest BCUT2D eigenvalue weighted by Gasteiger charge is -2.45. The number of ether oxygens (including phenoxy) is 1. The average molecular weight is 481 g/mol. The van der Waals surface area contributed by atoms with E-state index >= 15 is 0 Å². The van der Waals surface area contributed by atoms with Crippen LogP contribution in [0.25, 0.3) is 0 Å². The molecule has 2 aliphatic rings. The second kappa shape index (κ2) is 9.93. The quantitative estimate of drug-likeness (QED) is 0.477. The standard InChI is InChI=1S/C30H39FNO3/c1-7-23-18(2)10-12-25(32-14-8-9-27(32)33)28(23)24-17-21(30(5,6)34)11-13-26(24)35-29-19(3)15-22(31)16-20(29)4/h11,13,15-18,23,28,34H,7-10,12,14H2,1-6H3. The maximum Gasteiger partial charge on any atom is 0.223 e. The zero-order valence-electron chi connectivity index (χ0n) is 22.0. The smallest absolute Gasteiger partial charge is 0.223 e. The number of likely N-dealkylation sites (tertiary alicyclic amines) is 1. The Kier molecular flexibility index (Phi) is 7.28. The van der Waals surface area contributed by atoms with E-state index in [0.717, 1.165) is 54.5 Å². The van der Waals surface area contributed by atoms with Crippen LogP contribution in [0.5, 0.6) is 11.5 Å². The minimum Gasteiger partial charge on any atom is -0.457 e. The van der Waals surface area contributed by atoms with Crippen LogP contribution in [0.4, 0.5) is 4.39 Å². The minimum absolute atomic E-state index is 0.0177. The highest BCUT2D eigenvalue weighted by Gasteiger charge is 2.44. The minimum atomic E-state index is -1.01. The van der Waals surface area contributed by atoms with Crippen molar-refractivity contribution in [1.29, 1.82) is 0 Å². The fourth-order valence-electron chi connectivity index (χ4n) is 6.06. The zero-order chi connectivity index (χ0) is 25.5. The molecule has 4 nitrogen and oxygen atoms in total. The summed E-state index contributed by atoms with van der Waals surface area (Å²) in [4.78, 5) is 14.9. The summed E-state index contributed by atoms with van der Waals surface area (Å²) in [7, 11) is 0. The Balaban J connectivity index is 1.87. The molecule has 1 heterocycles. The number of hydrogen-bond donors (Lipinski definition) is 1. The molecule has 35 heavy (non-hydrogen) atoms. The van der Waals surface area contributed by atoms with Crippen molar-refractivity contribution >= 4 is 5.91 Å². The maximum atomic E-state index is 14.0. The van der Waals surface area contributed by atoms with Crippen LogP contribution in [0.3, 0.4) is 0 Å². The molecule has 189 valence electrons. The monoisotopic (exact) mass is 480 g/mol. The fourth-order valence-corrected chi connectivity index (χ4v) is 6.06. The van der Waals surface area contributed by atoms with Gasteiger partial charge in [0.1, 0.15) is 17.3 Å². The van der Waals surface area contributed by atoms with Crippen molar-refractivity contribution in [3.8, 4) is 11.5 Å². The lowest BCUT2D eigenvalue weighted by molar-refractivity contribution is -0.128. The first kappa shape index (κ1) is 25.7. The average Bonchev–Trinajstić information content (AvgIpc) is 3.21. The zero-order valence-corrected chi connectivity index (χ0v) is 22.0. The van der Waals surface area contributed by atoms with Crippen LogP contribution in [0.1, 0.15) is 88.0 Å². The molecule has 3 unspecified atom stereocenters. The normalized spacial score (nSPS) is 23.7. The van der Waals surface area contributed by atoms with Crippen molar-refractivity contribution in [1.82, 2.24) is 4.90 Å². The Labute approximate surface area is 209 Å². The number of aliphatic hydroxyl groups is 1. The van der Waals surface area contributed by atoms with E-state index in [-0.39, 0.29) is 17.6 Å². The van der Waals surface area contributed by atoms with Crippen LogP contribution in [0.15, 0.2) is 30.3 Å². The van der Waals surface area contributed by atoms with Gasteiger partial charge in [-0.3, -0.25) is 4.79 Å². The number of carbonyl (C=O) groups is 1. The van der Waals surface area contributed by atoms with Gasteiger partial charge in [0.15, 0.2) is 0 Å². The molecule has 2 aromatic rings. The van der Waals surface area contributed by atoms with Crippen LogP contribution in [-0.2, 0) is 10.4 Å². The molecule has 2 aromatic carbocycles. The lowest BCUT2D eigenvalue weighted by atomic mass is 9.65. The van der Waals surface area contributed by atoms with Gasteiger partial charge in [-0.05, 0) is 99.7 Å². The van der Waals surface area contributed by atoms with Gasteiger partial charge in [-0.1, -0.05) is 26.3 Å². The van der Waals surface area contributed by atoms with Crippen molar-refractivity contribution in [3.05, 3.63) is 64.4 Å². The van der Waals surface area contributed by atoms with Crippen molar-refractivity contribution in [3.63, 3.8) is 0 Å². The SMILES string of the molecule is CCC1C(C)CC[C](N2CCCC2=O)C1c1cc(C(C)(C)O)ccc1Oc1c(C)cc(F)cc1C. The number of benzene rings is 2. The predicted molar refractivity (Wildman–Crippen MR) is 137 cm³/mol. The molecule has 5 heteroatoms. The summed E-state index contributed by atoms with van der Waals surface area (Å²) in [5.41, 5.74) is 2.28. The van der Waals surface area contributed by atoms with Crippen molar-refractivity contribution in [2.24, 2.45) is 11.8 Å². The largest absolute Gasteiger partial charge is 0.457 e. The summed E-state index contributed by atoms with van der Waals surface area (Å²) >= 11 is 0. The van der Waals surface area contributed by atoms with E-state index < -0.39 is 5.60 Å². The van der Waals surface area contributed by atoms with Gasteiger partial charge in [0.05, 0.1) is 11.6 Å². The topological polar surface area (TPSA) is 49.8 Å². The first-order valence-electron chi connectivity index (χ1n) is 13.0. The number of nitrogens with zero attached hydrogens (tertiary/aromatic N) is 1. The van der Waals surface area contributed by atoms with Gasteiger partial charge in [-0.15, -0.1) is 0 Å². The molecule has 2 fully saturated rings. The van der Waals surface area contributed by atoms with E-state index in [1.165, 1.54) is 18.2 Å². The second-order valence-corrected chi connectivity index (χ2v) is 11.0. The maximum absolute atomic E-state index is 14.0. The van der Waals surface area contributed by atoms with Crippen molar-refractivity contribution in [2.75, 3.05) is 6.54 Å². The molecule has 0 aromatic heterocycles. The fraction of sp³-hybridized carbons (Fsp3) is 0.533. The van der Waals surface area contributed by atoms with E-state index in [9.17, 15) is 14.3 Å². The summed E-state index contributed by atoms with van der Waals surface area (Å²) in [5.74, 6) is 2.16. The highest BCUT2D eigenvalue weighted by atomic mass is 19.1. The van der Waals surface area contributed by atoms with Crippen molar-refractivity contribution in [2.45, 2.75) is 85.2 Å². The molecule has 0 spiro atoms. The van der Waals surface area contributed by atoms with Gasteiger partial charge in [0.25, 0.3) is 0 Å². The molecule has 1 amide bonds. The molecule has 1 N–H and O–H groups in total. The number of halogens is 1. The first-order chi connectivity index (χ1) is 16.5. The molecule has 1 radical (unpaired) electrons. The third kappa shape index (κ3) is 5.11. The van der Waals surface area contributed by atoms with E-state index in [2.05, 4.69) is 19.9 Å². The van der Waals surface area contributed by atoms with E-state index in [0.29, 0.717) is 29.8 Å². The molecule has 3 atom stereocenters. The second-order valence-electron chi connectivity index (χ2n) is 11.0. The van der Waals surface area contributed by atoms with E-state index in [1.807, 2.05) is 30.9 Å². The van der Waals surface area contributed by atoms with Gasteiger partial charge >= 0.3 is 0 Å². The van der Waals surface area contributed by atoms with E-state index in [4.69, 9.17) is 4.74 Å². The van der Waals surface area contributed by atoms with Crippen LogP contribution in [0.2, 0.25) is 0 Å². The van der Waals surface area contributed by atoms with Crippen LogP contribution in [0, 0.1) is 37.5 Å². The van der Waals surface area contributed by atoms with Crippen LogP contribution in [-0.4, -0.2) is 22.5 Å². The summed E-state index contributed by atoms with van der Waals surface area (Å²) < 4.78 is 20.5. The highest BCUT2D eigenvalue weighted by Crippen LogP contribution is 2.53. The van der Waals surface area contributed by atoms with Gasteiger partial charge in [0, 0.05) is 24.4 Å². The number of amides is 1. The lowest BCUT2D eigenvalue weighted by Crippen LogP contribution is -2.41.